The highest BCUT2D eigenvalue weighted by molar-refractivity contribution is 5.97. The first-order valence-electron chi connectivity index (χ1n) is 9.58. The van der Waals surface area contributed by atoms with Gasteiger partial charge in [0.1, 0.15) is 5.69 Å². The lowest BCUT2D eigenvalue weighted by atomic mass is 10.1. The second kappa shape index (κ2) is 7.99. The molecule has 1 amide bonds. The first-order chi connectivity index (χ1) is 12.5. The normalized spacial score (nSPS) is 16.1. The molecular formula is C20H28N4O2. The fourth-order valence-corrected chi connectivity index (χ4v) is 3.78. The SMILES string of the molecule is CCC(CNC(=O)c1ccc2c(c1)nc(C)c(=O)n2CC)N1CCCC1. The molecule has 2 aromatic rings. The van der Waals surface area contributed by atoms with Crippen molar-refractivity contribution in [2.45, 2.75) is 52.6 Å². The van der Waals surface area contributed by atoms with Gasteiger partial charge in [0, 0.05) is 24.7 Å². The number of nitrogens with zero attached hydrogens (tertiary/aromatic N) is 3. The third-order valence-electron chi connectivity index (χ3n) is 5.31. The smallest absolute Gasteiger partial charge is 0.272 e. The monoisotopic (exact) mass is 356 g/mol. The fourth-order valence-electron chi connectivity index (χ4n) is 3.78. The average molecular weight is 356 g/mol. The van der Waals surface area contributed by atoms with E-state index in [0.29, 0.717) is 35.9 Å². The first-order valence-corrected chi connectivity index (χ1v) is 9.58. The van der Waals surface area contributed by atoms with Crippen LogP contribution in [0, 0.1) is 6.92 Å². The second-order valence-corrected chi connectivity index (χ2v) is 6.97. The van der Waals surface area contributed by atoms with Gasteiger partial charge >= 0.3 is 0 Å². The van der Waals surface area contributed by atoms with Crippen LogP contribution in [0.25, 0.3) is 11.0 Å². The van der Waals surface area contributed by atoms with Crippen molar-refractivity contribution in [1.29, 1.82) is 0 Å². The lowest BCUT2D eigenvalue weighted by Gasteiger charge is -2.26. The number of nitrogens with one attached hydrogen (secondary N) is 1. The molecule has 0 spiro atoms. The third kappa shape index (κ3) is 3.65. The molecule has 1 fully saturated rings. The number of benzene rings is 1. The molecule has 0 aliphatic carbocycles. The van der Waals surface area contributed by atoms with Gasteiger partial charge in [0.15, 0.2) is 0 Å². The van der Waals surface area contributed by atoms with Gasteiger partial charge in [-0.3, -0.25) is 14.5 Å². The molecule has 6 heteroatoms. The van der Waals surface area contributed by atoms with Crippen molar-refractivity contribution in [2.24, 2.45) is 0 Å². The number of amides is 1. The van der Waals surface area contributed by atoms with Crippen molar-refractivity contribution >= 4 is 16.9 Å². The van der Waals surface area contributed by atoms with E-state index in [1.54, 1.807) is 23.6 Å². The van der Waals surface area contributed by atoms with Crippen LogP contribution in [-0.2, 0) is 6.54 Å². The van der Waals surface area contributed by atoms with Crippen LogP contribution in [0.4, 0.5) is 0 Å². The van der Waals surface area contributed by atoms with Crippen LogP contribution in [0.2, 0.25) is 0 Å². The predicted molar refractivity (Wildman–Crippen MR) is 104 cm³/mol. The maximum Gasteiger partial charge on any atom is 0.272 e. The van der Waals surface area contributed by atoms with Gasteiger partial charge in [-0.2, -0.15) is 0 Å². The van der Waals surface area contributed by atoms with Crippen LogP contribution in [0.3, 0.4) is 0 Å². The number of aryl methyl sites for hydroxylation is 2. The summed E-state index contributed by atoms with van der Waals surface area (Å²) in [5.41, 5.74) is 2.42. The van der Waals surface area contributed by atoms with Gasteiger partial charge < -0.3 is 9.88 Å². The Labute approximate surface area is 154 Å². The van der Waals surface area contributed by atoms with Crippen LogP contribution in [0.1, 0.15) is 49.2 Å². The number of hydrogen-bond donors (Lipinski definition) is 1. The average Bonchev–Trinajstić information content (AvgIpc) is 3.17. The molecule has 2 heterocycles. The number of carbonyl (C=O) groups is 1. The van der Waals surface area contributed by atoms with Crippen molar-refractivity contribution in [3.05, 3.63) is 39.8 Å². The molecular weight excluding hydrogens is 328 g/mol. The summed E-state index contributed by atoms with van der Waals surface area (Å²) in [5.74, 6) is -0.0850. The molecule has 1 atom stereocenters. The molecule has 0 bridgehead atoms. The summed E-state index contributed by atoms with van der Waals surface area (Å²) in [4.78, 5) is 31.6. The Hall–Kier alpha value is -2.21. The van der Waals surface area contributed by atoms with E-state index in [0.717, 1.165) is 25.0 Å². The van der Waals surface area contributed by atoms with Crippen LogP contribution in [0.5, 0.6) is 0 Å². The van der Waals surface area contributed by atoms with Crippen LogP contribution >= 0.6 is 0 Å². The molecule has 1 saturated heterocycles. The quantitative estimate of drug-likeness (QED) is 0.863. The molecule has 0 radical (unpaired) electrons. The van der Waals surface area contributed by atoms with Gasteiger partial charge in [-0.25, -0.2) is 4.98 Å². The summed E-state index contributed by atoms with van der Waals surface area (Å²) in [7, 11) is 0. The maximum absolute atomic E-state index is 12.6. The molecule has 6 nitrogen and oxygen atoms in total. The summed E-state index contributed by atoms with van der Waals surface area (Å²) in [6.45, 7) is 9.31. The van der Waals surface area contributed by atoms with Gasteiger partial charge in [0.25, 0.3) is 11.5 Å². The van der Waals surface area contributed by atoms with Gasteiger partial charge in [-0.1, -0.05) is 6.92 Å². The number of likely N-dealkylation sites (tertiary alicyclic amines) is 1. The van der Waals surface area contributed by atoms with E-state index >= 15 is 0 Å². The van der Waals surface area contributed by atoms with Crippen molar-refractivity contribution in [2.75, 3.05) is 19.6 Å². The molecule has 0 saturated carbocycles. The predicted octanol–water partition coefficient (Wildman–Crippen LogP) is 2.33. The molecule has 3 rings (SSSR count). The zero-order chi connectivity index (χ0) is 18.7. The van der Waals surface area contributed by atoms with E-state index in [1.165, 1.54) is 12.8 Å². The molecule has 1 aliphatic heterocycles. The molecule has 1 aromatic heterocycles. The minimum absolute atomic E-state index is 0.0754. The Morgan fingerprint density at radius 1 is 1.27 bits per heavy atom. The zero-order valence-electron chi connectivity index (χ0n) is 15.9. The number of aromatic nitrogens is 2. The highest BCUT2D eigenvalue weighted by atomic mass is 16.1. The van der Waals surface area contributed by atoms with Crippen LogP contribution in [0.15, 0.2) is 23.0 Å². The Balaban J connectivity index is 1.78. The Kier molecular flexibility index (Phi) is 5.71. The summed E-state index contributed by atoms with van der Waals surface area (Å²) in [6.07, 6.45) is 3.53. The van der Waals surface area contributed by atoms with E-state index in [-0.39, 0.29) is 11.5 Å². The number of carbonyl (C=O) groups excluding carboxylic acids is 1. The number of hydrogen-bond acceptors (Lipinski definition) is 4. The molecule has 1 aliphatic rings. The topological polar surface area (TPSA) is 67.2 Å². The van der Waals surface area contributed by atoms with E-state index in [4.69, 9.17) is 0 Å². The van der Waals surface area contributed by atoms with Crippen LogP contribution < -0.4 is 10.9 Å². The fraction of sp³-hybridized carbons (Fsp3) is 0.550. The van der Waals surface area contributed by atoms with Gasteiger partial charge in [0.2, 0.25) is 0 Å². The Morgan fingerprint density at radius 2 is 2.00 bits per heavy atom. The zero-order valence-corrected chi connectivity index (χ0v) is 15.9. The van der Waals surface area contributed by atoms with Gasteiger partial charge in [-0.15, -0.1) is 0 Å². The minimum Gasteiger partial charge on any atom is -0.350 e. The van der Waals surface area contributed by atoms with E-state index in [9.17, 15) is 9.59 Å². The Morgan fingerprint density at radius 3 is 2.65 bits per heavy atom. The van der Waals surface area contributed by atoms with Crippen molar-refractivity contribution in [3.8, 4) is 0 Å². The summed E-state index contributed by atoms with van der Waals surface area (Å²) in [5, 5.41) is 3.07. The number of fused-ring (bicyclic) bond motifs is 1. The summed E-state index contributed by atoms with van der Waals surface area (Å²) < 4.78 is 1.69. The van der Waals surface area contributed by atoms with Crippen LogP contribution in [-0.4, -0.2) is 46.0 Å². The lowest BCUT2D eigenvalue weighted by molar-refractivity contribution is 0.0937. The molecule has 1 unspecified atom stereocenters. The van der Waals surface area contributed by atoms with Crippen molar-refractivity contribution in [3.63, 3.8) is 0 Å². The lowest BCUT2D eigenvalue weighted by Crippen LogP contribution is -2.42. The van der Waals surface area contributed by atoms with Gasteiger partial charge in [-0.05, 0) is 64.4 Å². The minimum atomic E-state index is -0.0850. The number of rotatable bonds is 6. The molecule has 140 valence electrons. The van der Waals surface area contributed by atoms with Gasteiger partial charge in [0.05, 0.1) is 11.0 Å². The molecule has 1 N–H and O–H groups in total. The van der Waals surface area contributed by atoms with E-state index < -0.39 is 0 Å². The molecule has 1 aromatic carbocycles. The van der Waals surface area contributed by atoms with Crippen molar-refractivity contribution < 1.29 is 4.79 Å². The van der Waals surface area contributed by atoms with Crippen molar-refractivity contribution in [1.82, 2.24) is 19.8 Å². The second-order valence-electron chi connectivity index (χ2n) is 6.97. The summed E-state index contributed by atoms with van der Waals surface area (Å²) >= 11 is 0. The summed E-state index contributed by atoms with van der Waals surface area (Å²) in [6, 6.07) is 5.77. The maximum atomic E-state index is 12.6. The largest absolute Gasteiger partial charge is 0.350 e. The highest BCUT2D eigenvalue weighted by Gasteiger charge is 2.21. The standard InChI is InChI=1S/C20H28N4O2/c1-4-16(23-10-6-7-11-23)13-21-19(25)15-8-9-18-17(12-15)22-14(3)20(26)24(18)5-2/h8-9,12,16H,4-7,10-11,13H2,1-3H3,(H,21,25). The first kappa shape index (κ1) is 18.6. The molecule has 26 heavy (non-hydrogen) atoms. The highest BCUT2D eigenvalue weighted by Crippen LogP contribution is 2.15. The van der Waals surface area contributed by atoms with E-state index in [1.807, 2.05) is 13.0 Å². The van der Waals surface area contributed by atoms with E-state index in [2.05, 4.69) is 22.1 Å². The third-order valence-corrected chi connectivity index (χ3v) is 5.31. The Bertz CT molecular complexity index is 853.